The van der Waals surface area contributed by atoms with Crippen LogP contribution in [0.2, 0.25) is 5.02 Å². The van der Waals surface area contributed by atoms with E-state index in [1.165, 1.54) is 5.56 Å². The summed E-state index contributed by atoms with van der Waals surface area (Å²) in [6, 6.07) is 8.16. The number of amides is 1. The first-order valence-corrected chi connectivity index (χ1v) is 7.19. The summed E-state index contributed by atoms with van der Waals surface area (Å²) >= 11 is 6.00. The number of carbonyl (C=O) groups excluding carboxylic acids is 1. The highest BCUT2D eigenvalue weighted by Crippen LogP contribution is 2.19. The van der Waals surface area contributed by atoms with Gasteiger partial charge in [0.05, 0.1) is 0 Å². The Kier molecular flexibility index (Phi) is 6.89. The summed E-state index contributed by atoms with van der Waals surface area (Å²) in [4.78, 5) is 11.4. The van der Waals surface area contributed by atoms with Crippen molar-refractivity contribution >= 4 is 17.5 Å². The lowest BCUT2D eigenvalue weighted by atomic mass is 10.0. The molecule has 1 rings (SSSR count). The van der Waals surface area contributed by atoms with E-state index in [0.717, 1.165) is 18.0 Å². The van der Waals surface area contributed by atoms with Gasteiger partial charge < -0.3 is 10.6 Å². The smallest absolute Gasteiger partial charge is 0.222 e. The molecule has 1 aromatic rings. The zero-order valence-corrected chi connectivity index (χ0v) is 12.6. The summed E-state index contributed by atoms with van der Waals surface area (Å²) in [5, 5.41) is 7.09. The molecule has 0 fully saturated rings. The first kappa shape index (κ1) is 16.0. The van der Waals surface area contributed by atoms with Gasteiger partial charge in [0.2, 0.25) is 5.91 Å². The standard InChI is InChI=1S/C15H23ClN2O/c1-4-14(12-6-5-7-13(16)10-12)17-8-9-18-15(19)11(2)3/h5-7,10-11,14,17H,4,8-9H2,1-3H3,(H,18,19). The van der Waals surface area contributed by atoms with Crippen LogP contribution in [0.3, 0.4) is 0 Å². The molecule has 0 saturated carbocycles. The number of rotatable bonds is 7. The summed E-state index contributed by atoms with van der Waals surface area (Å²) < 4.78 is 0. The van der Waals surface area contributed by atoms with Crippen LogP contribution in [0, 0.1) is 5.92 Å². The molecule has 3 nitrogen and oxygen atoms in total. The second-order valence-corrected chi connectivity index (χ2v) is 5.35. The third-order valence-electron chi connectivity index (χ3n) is 3.00. The molecule has 1 aromatic carbocycles. The molecule has 0 bridgehead atoms. The Balaban J connectivity index is 2.39. The van der Waals surface area contributed by atoms with Crippen molar-refractivity contribution in [2.75, 3.05) is 13.1 Å². The summed E-state index contributed by atoms with van der Waals surface area (Å²) in [6.07, 6.45) is 0.985. The zero-order chi connectivity index (χ0) is 14.3. The molecule has 4 heteroatoms. The molecule has 2 N–H and O–H groups in total. The van der Waals surface area contributed by atoms with E-state index in [4.69, 9.17) is 11.6 Å². The molecular weight excluding hydrogens is 260 g/mol. The predicted octanol–water partition coefficient (Wildman–Crippen LogP) is 3.15. The van der Waals surface area contributed by atoms with Gasteiger partial charge in [-0.05, 0) is 24.1 Å². The van der Waals surface area contributed by atoms with Gasteiger partial charge >= 0.3 is 0 Å². The summed E-state index contributed by atoms with van der Waals surface area (Å²) in [7, 11) is 0. The van der Waals surface area contributed by atoms with Crippen LogP contribution >= 0.6 is 11.6 Å². The third kappa shape index (κ3) is 5.62. The average Bonchev–Trinajstić information content (AvgIpc) is 2.38. The quantitative estimate of drug-likeness (QED) is 0.754. The SMILES string of the molecule is CCC(NCCNC(=O)C(C)C)c1cccc(Cl)c1. The van der Waals surface area contributed by atoms with Gasteiger partial charge in [-0.25, -0.2) is 0 Å². The first-order chi connectivity index (χ1) is 9.04. The molecule has 19 heavy (non-hydrogen) atoms. The average molecular weight is 283 g/mol. The summed E-state index contributed by atoms with van der Waals surface area (Å²) in [5.74, 6) is 0.132. The lowest BCUT2D eigenvalue weighted by molar-refractivity contribution is -0.123. The Morgan fingerprint density at radius 3 is 2.63 bits per heavy atom. The number of halogens is 1. The fourth-order valence-electron chi connectivity index (χ4n) is 1.86. The Labute approximate surface area is 120 Å². The molecule has 0 radical (unpaired) electrons. The number of carbonyl (C=O) groups is 1. The predicted molar refractivity (Wildman–Crippen MR) is 80.3 cm³/mol. The van der Waals surface area contributed by atoms with E-state index in [1.807, 2.05) is 32.0 Å². The van der Waals surface area contributed by atoms with Crippen LogP contribution in [0.15, 0.2) is 24.3 Å². The zero-order valence-electron chi connectivity index (χ0n) is 11.9. The molecule has 1 unspecified atom stereocenters. The minimum absolute atomic E-state index is 0.0369. The van der Waals surface area contributed by atoms with E-state index in [0.29, 0.717) is 6.54 Å². The van der Waals surface area contributed by atoms with E-state index in [9.17, 15) is 4.79 Å². The van der Waals surface area contributed by atoms with Crippen LogP contribution < -0.4 is 10.6 Å². The van der Waals surface area contributed by atoms with Crippen molar-refractivity contribution in [3.63, 3.8) is 0 Å². The highest BCUT2D eigenvalue weighted by Gasteiger charge is 2.09. The van der Waals surface area contributed by atoms with E-state index < -0.39 is 0 Å². The molecule has 0 spiro atoms. The first-order valence-electron chi connectivity index (χ1n) is 6.81. The molecular formula is C15H23ClN2O. The van der Waals surface area contributed by atoms with Crippen molar-refractivity contribution in [1.82, 2.24) is 10.6 Å². The van der Waals surface area contributed by atoms with Crippen LogP contribution in [-0.4, -0.2) is 19.0 Å². The minimum atomic E-state index is 0.0369. The lowest BCUT2D eigenvalue weighted by Gasteiger charge is -2.18. The molecule has 106 valence electrons. The largest absolute Gasteiger partial charge is 0.355 e. The highest BCUT2D eigenvalue weighted by atomic mass is 35.5. The monoisotopic (exact) mass is 282 g/mol. The Morgan fingerprint density at radius 1 is 1.32 bits per heavy atom. The van der Waals surface area contributed by atoms with Crippen molar-refractivity contribution in [3.8, 4) is 0 Å². The van der Waals surface area contributed by atoms with Gasteiger partial charge in [0.15, 0.2) is 0 Å². The van der Waals surface area contributed by atoms with E-state index in [2.05, 4.69) is 23.6 Å². The third-order valence-corrected chi connectivity index (χ3v) is 3.23. The van der Waals surface area contributed by atoms with Gasteiger partial charge in [0.1, 0.15) is 0 Å². The topological polar surface area (TPSA) is 41.1 Å². The summed E-state index contributed by atoms with van der Waals surface area (Å²) in [5.41, 5.74) is 1.19. The Hall–Kier alpha value is -1.06. The molecule has 0 aliphatic rings. The second-order valence-electron chi connectivity index (χ2n) is 4.92. The van der Waals surface area contributed by atoms with Crippen molar-refractivity contribution in [2.45, 2.75) is 33.2 Å². The van der Waals surface area contributed by atoms with Crippen molar-refractivity contribution in [2.24, 2.45) is 5.92 Å². The lowest BCUT2D eigenvalue weighted by Crippen LogP contribution is -2.35. The Morgan fingerprint density at radius 2 is 2.05 bits per heavy atom. The molecule has 0 aliphatic heterocycles. The number of benzene rings is 1. The van der Waals surface area contributed by atoms with E-state index in [1.54, 1.807) is 0 Å². The van der Waals surface area contributed by atoms with Gasteiger partial charge in [0.25, 0.3) is 0 Å². The molecule has 0 aliphatic carbocycles. The van der Waals surface area contributed by atoms with Crippen molar-refractivity contribution in [1.29, 1.82) is 0 Å². The fourth-order valence-corrected chi connectivity index (χ4v) is 2.06. The van der Waals surface area contributed by atoms with Crippen molar-refractivity contribution < 1.29 is 4.79 Å². The second kappa shape index (κ2) is 8.18. The molecule has 1 atom stereocenters. The van der Waals surface area contributed by atoms with Crippen LogP contribution in [0.4, 0.5) is 0 Å². The van der Waals surface area contributed by atoms with Crippen LogP contribution in [-0.2, 0) is 4.79 Å². The number of hydrogen-bond acceptors (Lipinski definition) is 2. The van der Waals surface area contributed by atoms with Gasteiger partial charge in [0, 0.05) is 30.1 Å². The van der Waals surface area contributed by atoms with Gasteiger partial charge in [-0.15, -0.1) is 0 Å². The van der Waals surface area contributed by atoms with Crippen LogP contribution in [0.25, 0.3) is 0 Å². The summed E-state index contributed by atoms with van der Waals surface area (Å²) in [6.45, 7) is 7.32. The van der Waals surface area contributed by atoms with Gasteiger partial charge in [-0.1, -0.05) is 44.5 Å². The van der Waals surface area contributed by atoms with Gasteiger partial charge in [-0.3, -0.25) is 4.79 Å². The van der Waals surface area contributed by atoms with Crippen LogP contribution in [0.1, 0.15) is 38.8 Å². The Bertz CT molecular complexity index is 407. The van der Waals surface area contributed by atoms with Crippen LogP contribution in [0.5, 0.6) is 0 Å². The molecule has 0 heterocycles. The fraction of sp³-hybridized carbons (Fsp3) is 0.533. The molecule has 0 aromatic heterocycles. The minimum Gasteiger partial charge on any atom is -0.355 e. The maximum absolute atomic E-state index is 11.4. The van der Waals surface area contributed by atoms with Crippen molar-refractivity contribution in [3.05, 3.63) is 34.9 Å². The highest BCUT2D eigenvalue weighted by molar-refractivity contribution is 6.30. The maximum Gasteiger partial charge on any atom is 0.222 e. The normalized spacial score (nSPS) is 12.5. The maximum atomic E-state index is 11.4. The van der Waals surface area contributed by atoms with Gasteiger partial charge in [-0.2, -0.15) is 0 Å². The molecule has 0 saturated heterocycles. The van der Waals surface area contributed by atoms with E-state index >= 15 is 0 Å². The van der Waals surface area contributed by atoms with E-state index in [-0.39, 0.29) is 17.9 Å². The number of nitrogens with one attached hydrogen (secondary N) is 2. The number of hydrogen-bond donors (Lipinski definition) is 2. The molecule has 1 amide bonds.